The first-order valence-electron chi connectivity index (χ1n) is 8.07. The van der Waals surface area contributed by atoms with Gasteiger partial charge in [0.15, 0.2) is 0 Å². The van der Waals surface area contributed by atoms with Crippen molar-refractivity contribution >= 4 is 6.03 Å². The van der Waals surface area contributed by atoms with Crippen LogP contribution in [0.4, 0.5) is 4.79 Å². The van der Waals surface area contributed by atoms with Crippen molar-refractivity contribution in [2.75, 3.05) is 20.3 Å². The number of methoxy groups -OCH3 is 1. The van der Waals surface area contributed by atoms with Crippen LogP contribution < -0.4 is 5.32 Å². The number of nitrogens with zero attached hydrogens (tertiary/aromatic N) is 3. The van der Waals surface area contributed by atoms with E-state index in [-0.39, 0.29) is 24.1 Å². The molecule has 0 saturated carbocycles. The van der Waals surface area contributed by atoms with Gasteiger partial charge in [-0.05, 0) is 19.1 Å². The lowest BCUT2D eigenvalue weighted by Crippen LogP contribution is -2.40. The van der Waals surface area contributed by atoms with Crippen LogP contribution in [0.15, 0.2) is 30.6 Å². The molecule has 0 saturated heterocycles. The Hall–Kier alpha value is -2.74. The number of hydrogen-bond acceptors (Lipinski definition) is 5. The van der Waals surface area contributed by atoms with E-state index in [9.17, 15) is 15.0 Å². The number of phenols is 2. The van der Waals surface area contributed by atoms with Gasteiger partial charge in [0, 0.05) is 50.1 Å². The second-order valence-corrected chi connectivity index (χ2v) is 5.59. The molecule has 0 aliphatic carbocycles. The maximum atomic E-state index is 12.5. The van der Waals surface area contributed by atoms with Crippen LogP contribution in [-0.2, 0) is 24.4 Å². The number of carbonyl (C=O) groups excluding carboxylic acids is 1. The molecule has 2 rings (SSSR count). The number of carbonyl (C=O) groups is 1. The molecule has 3 N–H and O–H groups in total. The maximum absolute atomic E-state index is 12.5. The average molecular weight is 348 g/mol. The van der Waals surface area contributed by atoms with Gasteiger partial charge in [-0.25, -0.2) is 4.79 Å². The molecule has 0 aliphatic heterocycles. The third-order valence-corrected chi connectivity index (χ3v) is 3.74. The van der Waals surface area contributed by atoms with Crippen LogP contribution in [0.1, 0.15) is 18.1 Å². The molecule has 2 amide bonds. The largest absolute Gasteiger partial charge is 0.508 e. The number of amides is 2. The molecule has 0 fully saturated rings. The normalized spacial score (nSPS) is 10.6. The van der Waals surface area contributed by atoms with Gasteiger partial charge < -0.3 is 25.2 Å². The SMILES string of the molecule is CCn1cc(CN(CCOC)C(=O)NCc2ccc(O)cc2O)cn1. The standard InChI is InChI=1S/C17H24N4O4/c1-3-21-12-13(9-19-21)11-20(6-7-25-2)17(24)18-10-14-4-5-15(22)8-16(14)23/h4-5,8-9,12,22-23H,3,6-7,10-11H2,1-2H3,(H,18,24). The van der Waals surface area contributed by atoms with E-state index >= 15 is 0 Å². The lowest BCUT2D eigenvalue weighted by atomic mass is 10.2. The van der Waals surface area contributed by atoms with Gasteiger partial charge in [0.05, 0.1) is 19.3 Å². The summed E-state index contributed by atoms with van der Waals surface area (Å²) in [7, 11) is 1.58. The van der Waals surface area contributed by atoms with Crippen molar-refractivity contribution in [3.63, 3.8) is 0 Å². The summed E-state index contributed by atoms with van der Waals surface area (Å²) in [6.07, 6.45) is 3.64. The molecular weight excluding hydrogens is 324 g/mol. The molecule has 8 nitrogen and oxygen atoms in total. The van der Waals surface area contributed by atoms with Gasteiger partial charge in [-0.2, -0.15) is 5.10 Å². The van der Waals surface area contributed by atoms with Crippen molar-refractivity contribution in [1.82, 2.24) is 20.0 Å². The molecule has 0 spiro atoms. The number of urea groups is 1. The van der Waals surface area contributed by atoms with Crippen molar-refractivity contribution in [2.45, 2.75) is 26.6 Å². The van der Waals surface area contributed by atoms with Crippen molar-refractivity contribution in [1.29, 1.82) is 0 Å². The number of benzene rings is 1. The maximum Gasteiger partial charge on any atom is 0.318 e. The van der Waals surface area contributed by atoms with E-state index in [1.54, 1.807) is 29.0 Å². The predicted octanol–water partition coefficient (Wildman–Crippen LogP) is 1.67. The van der Waals surface area contributed by atoms with Crippen molar-refractivity contribution in [3.05, 3.63) is 41.7 Å². The Balaban J connectivity index is 1.99. The molecule has 25 heavy (non-hydrogen) atoms. The van der Waals surface area contributed by atoms with Crippen LogP contribution >= 0.6 is 0 Å². The molecule has 0 radical (unpaired) electrons. The van der Waals surface area contributed by atoms with Crippen molar-refractivity contribution in [2.24, 2.45) is 0 Å². The molecule has 2 aromatic rings. The van der Waals surface area contributed by atoms with Crippen LogP contribution in [0.3, 0.4) is 0 Å². The molecule has 1 aromatic heterocycles. The Morgan fingerprint density at radius 1 is 1.40 bits per heavy atom. The monoisotopic (exact) mass is 348 g/mol. The van der Waals surface area contributed by atoms with E-state index in [0.29, 0.717) is 25.3 Å². The van der Waals surface area contributed by atoms with Crippen molar-refractivity contribution < 1.29 is 19.7 Å². The number of phenolic OH excluding ortho intramolecular Hbond substituents is 2. The molecule has 1 aromatic carbocycles. The number of rotatable bonds is 8. The van der Waals surface area contributed by atoms with Crippen LogP contribution in [0, 0.1) is 0 Å². The van der Waals surface area contributed by atoms with Gasteiger partial charge in [0.2, 0.25) is 0 Å². The number of aryl methyl sites for hydroxylation is 1. The zero-order chi connectivity index (χ0) is 18.2. The summed E-state index contributed by atoms with van der Waals surface area (Å²) in [6.45, 7) is 4.18. The fourth-order valence-electron chi connectivity index (χ4n) is 2.32. The summed E-state index contributed by atoms with van der Waals surface area (Å²) >= 11 is 0. The third kappa shape index (κ3) is 5.39. The number of ether oxygens (including phenoxy) is 1. The molecular formula is C17H24N4O4. The van der Waals surface area contributed by atoms with Gasteiger partial charge in [-0.3, -0.25) is 4.68 Å². The zero-order valence-electron chi connectivity index (χ0n) is 14.5. The highest BCUT2D eigenvalue weighted by Gasteiger charge is 2.15. The lowest BCUT2D eigenvalue weighted by Gasteiger charge is -2.22. The van der Waals surface area contributed by atoms with Crippen LogP contribution in [0.25, 0.3) is 0 Å². The minimum absolute atomic E-state index is 0.0257. The molecule has 0 atom stereocenters. The fourth-order valence-corrected chi connectivity index (χ4v) is 2.32. The number of nitrogens with one attached hydrogen (secondary N) is 1. The fraction of sp³-hybridized carbons (Fsp3) is 0.412. The molecule has 0 aliphatic rings. The van der Waals surface area contributed by atoms with Crippen LogP contribution in [0.5, 0.6) is 11.5 Å². The highest BCUT2D eigenvalue weighted by molar-refractivity contribution is 5.74. The highest BCUT2D eigenvalue weighted by Crippen LogP contribution is 2.22. The third-order valence-electron chi connectivity index (χ3n) is 3.74. The van der Waals surface area contributed by atoms with E-state index < -0.39 is 0 Å². The Kier molecular flexibility index (Phi) is 6.64. The summed E-state index contributed by atoms with van der Waals surface area (Å²) in [4.78, 5) is 14.1. The Labute approximate surface area is 146 Å². The van der Waals surface area contributed by atoms with Gasteiger partial charge in [0.1, 0.15) is 11.5 Å². The van der Waals surface area contributed by atoms with Gasteiger partial charge in [0.25, 0.3) is 0 Å². The minimum Gasteiger partial charge on any atom is -0.508 e. The minimum atomic E-state index is -0.270. The average Bonchev–Trinajstić information content (AvgIpc) is 3.05. The van der Waals surface area contributed by atoms with Gasteiger partial charge >= 0.3 is 6.03 Å². The first-order valence-corrected chi connectivity index (χ1v) is 8.07. The molecule has 1 heterocycles. The Morgan fingerprint density at radius 2 is 2.20 bits per heavy atom. The zero-order valence-corrected chi connectivity index (χ0v) is 14.5. The summed E-state index contributed by atoms with van der Waals surface area (Å²) in [5, 5.41) is 26.1. The quantitative estimate of drug-likeness (QED) is 0.674. The first kappa shape index (κ1) is 18.6. The topological polar surface area (TPSA) is 99.9 Å². The number of aromatic nitrogens is 2. The number of aromatic hydroxyl groups is 2. The summed E-state index contributed by atoms with van der Waals surface area (Å²) < 4.78 is 6.87. The summed E-state index contributed by atoms with van der Waals surface area (Å²) in [5.41, 5.74) is 1.46. The van der Waals surface area contributed by atoms with E-state index in [0.717, 1.165) is 12.1 Å². The molecule has 0 bridgehead atoms. The van der Waals surface area contributed by atoms with Gasteiger partial charge in [-0.1, -0.05) is 0 Å². The summed E-state index contributed by atoms with van der Waals surface area (Å²) in [6, 6.07) is 4.00. The lowest BCUT2D eigenvalue weighted by molar-refractivity contribution is 0.146. The first-order chi connectivity index (χ1) is 12.0. The second-order valence-electron chi connectivity index (χ2n) is 5.59. The Morgan fingerprint density at radius 3 is 2.84 bits per heavy atom. The van der Waals surface area contributed by atoms with Crippen molar-refractivity contribution in [3.8, 4) is 11.5 Å². The molecule has 0 unspecified atom stereocenters. The predicted molar refractivity (Wildman–Crippen MR) is 92.2 cm³/mol. The summed E-state index contributed by atoms with van der Waals surface area (Å²) in [5.74, 6) is -0.0878. The highest BCUT2D eigenvalue weighted by atomic mass is 16.5. The van der Waals surface area contributed by atoms with E-state index in [1.165, 1.54) is 12.1 Å². The number of hydrogen-bond donors (Lipinski definition) is 3. The van der Waals surface area contributed by atoms with E-state index in [4.69, 9.17) is 4.74 Å². The van der Waals surface area contributed by atoms with E-state index in [2.05, 4.69) is 10.4 Å². The second kappa shape index (κ2) is 8.93. The Bertz CT molecular complexity index is 702. The van der Waals surface area contributed by atoms with E-state index in [1.807, 2.05) is 13.1 Å². The van der Waals surface area contributed by atoms with Gasteiger partial charge in [-0.15, -0.1) is 0 Å². The molecule has 136 valence electrons. The smallest absolute Gasteiger partial charge is 0.318 e. The molecule has 8 heteroatoms. The van der Waals surface area contributed by atoms with Crippen LogP contribution in [0.2, 0.25) is 0 Å². The van der Waals surface area contributed by atoms with Crippen LogP contribution in [-0.4, -0.2) is 51.2 Å².